The average molecular weight is 130 g/mol. The zero-order valence-electron chi connectivity index (χ0n) is 6.43. The molecule has 0 aromatic heterocycles. The van der Waals surface area contributed by atoms with Gasteiger partial charge in [0.25, 0.3) is 0 Å². The van der Waals surface area contributed by atoms with Crippen LogP contribution in [0, 0.1) is 0 Å². The zero-order valence-corrected chi connectivity index (χ0v) is 6.43. The Hall–Kier alpha value is -0.500. The summed E-state index contributed by atoms with van der Waals surface area (Å²) in [5.41, 5.74) is -0.348. The van der Waals surface area contributed by atoms with Gasteiger partial charge in [0.2, 0.25) is 0 Å². The molecule has 0 saturated heterocycles. The Bertz CT molecular complexity index is 110. The van der Waals surface area contributed by atoms with Crippen LogP contribution in [0.15, 0.2) is 11.8 Å². The van der Waals surface area contributed by atoms with Crippen molar-refractivity contribution < 1.29 is 9.84 Å². The highest BCUT2D eigenvalue weighted by molar-refractivity contribution is 4.99. The molecule has 0 saturated carbocycles. The summed E-state index contributed by atoms with van der Waals surface area (Å²) < 4.78 is 5.01. The Balaban J connectivity index is 4.01. The van der Waals surface area contributed by atoms with Crippen molar-refractivity contribution in [3.8, 4) is 0 Å². The number of allylic oxidation sites excluding steroid dienone is 1. The lowest BCUT2D eigenvalue weighted by Crippen LogP contribution is -2.19. The molecule has 0 bridgehead atoms. The van der Waals surface area contributed by atoms with Crippen LogP contribution in [-0.2, 0) is 4.74 Å². The van der Waals surface area contributed by atoms with Gasteiger partial charge in [0, 0.05) is 7.11 Å². The normalized spacial score (nSPS) is 14.0. The van der Waals surface area contributed by atoms with E-state index in [0.29, 0.717) is 5.76 Å². The van der Waals surface area contributed by atoms with Crippen LogP contribution in [0.25, 0.3) is 0 Å². The van der Waals surface area contributed by atoms with Crippen LogP contribution in [0.4, 0.5) is 0 Å². The van der Waals surface area contributed by atoms with Gasteiger partial charge in [0.05, 0.1) is 11.4 Å². The molecule has 9 heavy (non-hydrogen) atoms. The molecule has 0 spiro atoms. The largest absolute Gasteiger partial charge is 0.513 e. The van der Waals surface area contributed by atoms with Crippen molar-refractivity contribution in [3.05, 3.63) is 11.8 Å². The number of rotatable bonds is 2. The second-order valence-electron chi connectivity index (χ2n) is 2.59. The van der Waals surface area contributed by atoms with E-state index < -0.39 is 0 Å². The smallest absolute Gasteiger partial charge is 0.0880 e. The average Bonchev–Trinajstić information content (AvgIpc) is 1.63. The van der Waals surface area contributed by atoms with Crippen molar-refractivity contribution >= 4 is 0 Å². The maximum atomic E-state index is 8.80. The molecule has 0 heterocycles. The van der Waals surface area contributed by atoms with Crippen LogP contribution >= 0.6 is 0 Å². The van der Waals surface area contributed by atoms with E-state index in [1.165, 1.54) is 0 Å². The fraction of sp³-hybridized carbons (Fsp3) is 0.714. The van der Waals surface area contributed by atoms with E-state index in [0.717, 1.165) is 0 Å². The molecule has 0 aliphatic carbocycles. The molecule has 0 aliphatic heterocycles. The summed E-state index contributed by atoms with van der Waals surface area (Å²) in [5, 5.41) is 8.80. The third-order valence-electron chi connectivity index (χ3n) is 1.08. The minimum atomic E-state index is -0.348. The number of aliphatic hydroxyl groups excluding tert-OH is 1. The molecule has 54 valence electrons. The first-order valence-corrected chi connectivity index (χ1v) is 2.91. The molecule has 2 heteroatoms. The third kappa shape index (κ3) is 4.03. The summed E-state index contributed by atoms with van der Waals surface area (Å²) in [6.45, 7) is 5.39. The summed E-state index contributed by atoms with van der Waals surface area (Å²) in [6, 6.07) is 0. The molecule has 2 nitrogen and oxygen atoms in total. The molecule has 0 radical (unpaired) electrons. The fourth-order valence-electron chi connectivity index (χ4n) is 0.562. The fourth-order valence-corrected chi connectivity index (χ4v) is 0.562. The van der Waals surface area contributed by atoms with E-state index in [4.69, 9.17) is 9.84 Å². The second-order valence-corrected chi connectivity index (χ2v) is 2.59. The van der Waals surface area contributed by atoms with Gasteiger partial charge in [-0.05, 0) is 26.8 Å². The molecule has 0 fully saturated rings. The lowest BCUT2D eigenvalue weighted by Gasteiger charge is -2.17. The van der Waals surface area contributed by atoms with Crippen molar-refractivity contribution in [1.29, 1.82) is 0 Å². The first-order valence-electron chi connectivity index (χ1n) is 2.91. The van der Waals surface area contributed by atoms with Crippen LogP contribution in [0.5, 0.6) is 0 Å². The predicted molar refractivity (Wildman–Crippen MR) is 37.5 cm³/mol. The van der Waals surface area contributed by atoms with E-state index >= 15 is 0 Å². The van der Waals surface area contributed by atoms with E-state index in [1.807, 2.05) is 13.8 Å². The summed E-state index contributed by atoms with van der Waals surface area (Å²) in [5.74, 6) is 0.293. The van der Waals surface area contributed by atoms with Gasteiger partial charge in [-0.25, -0.2) is 0 Å². The standard InChI is InChI=1S/C7H14O2/c1-6(8)5-7(2,3)9-4/h5,8H,1-4H3/b6-5-. The van der Waals surface area contributed by atoms with Gasteiger partial charge in [-0.3, -0.25) is 0 Å². The highest BCUT2D eigenvalue weighted by Gasteiger charge is 2.11. The van der Waals surface area contributed by atoms with Gasteiger partial charge >= 0.3 is 0 Å². The Morgan fingerprint density at radius 2 is 2.00 bits per heavy atom. The maximum Gasteiger partial charge on any atom is 0.0880 e. The predicted octanol–water partition coefficient (Wildman–Crippen LogP) is 1.87. The second kappa shape index (κ2) is 2.87. The zero-order chi connectivity index (χ0) is 7.49. The molecule has 1 N–H and O–H groups in total. The Labute approximate surface area is 56.1 Å². The van der Waals surface area contributed by atoms with E-state index in [9.17, 15) is 0 Å². The monoisotopic (exact) mass is 130 g/mol. The molecule has 0 amide bonds. The number of hydrogen-bond acceptors (Lipinski definition) is 2. The molecule has 0 rings (SSSR count). The molecule has 0 unspecified atom stereocenters. The van der Waals surface area contributed by atoms with E-state index in [1.54, 1.807) is 20.1 Å². The Morgan fingerprint density at radius 1 is 1.56 bits per heavy atom. The van der Waals surface area contributed by atoms with Crippen molar-refractivity contribution in [3.63, 3.8) is 0 Å². The van der Waals surface area contributed by atoms with E-state index in [2.05, 4.69) is 0 Å². The summed E-state index contributed by atoms with van der Waals surface area (Å²) >= 11 is 0. The summed E-state index contributed by atoms with van der Waals surface area (Å²) in [6.07, 6.45) is 1.66. The first-order chi connectivity index (χ1) is 3.98. The molecule has 0 aromatic carbocycles. The minimum absolute atomic E-state index is 0.293. The molecule has 0 atom stereocenters. The van der Waals surface area contributed by atoms with Crippen molar-refractivity contribution in [2.45, 2.75) is 26.4 Å². The van der Waals surface area contributed by atoms with Crippen molar-refractivity contribution in [2.24, 2.45) is 0 Å². The highest BCUT2D eigenvalue weighted by atomic mass is 16.5. The van der Waals surface area contributed by atoms with Crippen molar-refractivity contribution in [2.75, 3.05) is 7.11 Å². The van der Waals surface area contributed by atoms with Crippen LogP contribution < -0.4 is 0 Å². The molecule has 0 aromatic rings. The highest BCUT2D eigenvalue weighted by Crippen LogP contribution is 2.10. The van der Waals surface area contributed by atoms with Crippen LogP contribution in [-0.4, -0.2) is 17.8 Å². The molecule has 0 aliphatic rings. The number of methoxy groups -OCH3 is 1. The van der Waals surface area contributed by atoms with Gasteiger partial charge in [-0.15, -0.1) is 0 Å². The molecular formula is C7H14O2. The Kier molecular flexibility index (Phi) is 2.71. The lowest BCUT2D eigenvalue weighted by atomic mass is 10.1. The summed E-state index contributed by atoms with van der Waals surface area (Å²) in [4.78, 5) is 0. The summed E-state index contributed by atoms with van der Waals surface area (Å²) in [7, 11) is 1.61. The van der Waals surface area contributed by atoms with Gasteiger partial charge < -0.3 is 9.84 Å². The topological polar surface area (TPSA) is 29.5 Å². The maximum absolute atomic E-state index is 8.80. The van der Waals surface area contributed by atoms with Gasteiger partial charge in [-0.2, -0.15) is 0 Å². The van der Waals surface area contributed by atoms with Crippen LogP contribution in [0.3, 0.4) is 0 Å². The van der Waals surface area contributed by atoms with Gasteiger partial charge in [-0.1, -0.05) is 0 Å². The van der Waals surface area contributed by atoms with Gasteiger partial charge in [0.1, 0.15) is 0 Å². The minimum Gasteiger partial charge on any atom is -0.513 e. The Morgan fingerprint density at radius 3 is 2.11 bits per heavy atom. The van der Waals surface area contributed by atoms with Crippen molar-refractivity contribution in [1.82, 2.24) is 0 Å². The quantitative estimate of drug-likeness (QED) is 0.578. The lowest BCUT2D eigenvalue weighted by molar-refractivity contribution is 0.0626. The SMILES string of the molecule is COC(C)(C)/C=C(/C)O. The molecular weight excluding hydrogens is 116 g/mol. The number of ether oxygens (including phenoxy) is 1. The third-order valence-corrected chi connectivity index (χ3v) is 1.08. The first kappa shape index (κ1) is 8.50. The van der Waals surface area contributed by atoms with Crippen LogP contribution in [0.2, 0.25) is 0 Å². The number of aliphatic hydroxyl groups is 1. The van der Waals surface area contributed by atoms with Gasteiger partial charge in [0.15, 0.2) is 0 Å². The van der Waals surface area contributed by atoms with Crippen LogP contribution in [0.1, 0.15) is 20.8 Å². The van der Waals surface area contributed by atoms with E-state index in [-0.39, 0.29) is 5.60 Å². The number of hydrogen-bond donors (Lipinski definition) is 1.